The van der Waals surface area contributed by atoms with Crippen molar-refractivity contribution in [1.29, 1.82) is 0 Å². The van der Waals surface area contributed by atoms with Gasteiger partial charge in [-0.1, -0.05) is 48.0 Å². The van der Waals surface area contributed by atoms with Crippen LogP contribution >= 0.6 is 11.6 Å². The molecule has 0 aliphatic carbocycles. The van der Waals surface area contributed by atoms with E-state index in [9.17, 15) is 13.2 Å². The van der Waals surface area contributed by atoms with Crippen LogP contribution in [0.1, 0.15) is 12.5 Å². The highest BCUT2D eigenvalue weighted by atomic mass is 35.5. The molecule has 0 saturated heterocycles. The number of ether oxygens (including phenoxy) is 1. The molecule has 0 aliphatic rings. The summed E-state index contributed by atoms with van der Waals surface area (Å²) in [5, 5.41) is 1.21. The molecular formula is C20H17ClF3NO. The lowest BCUT2D eigenvalue weighted by atomic mass is 9.99. The molecule has 2 aromatic carbocycles. The van der Waals surface area contributed by atoms with Gasteiger partial charge in [0.05, 0.1) is 11.2 Å². The molecule has 0 spiro atoms. The average Bonchev–Trinajstić information content (AvgIpc) is 2.88. The maximum atomic E-state index is 13.0. The number of aromatic nitrogens is 1. The monoisotopic (exact) mass is 379 g/mol. The fourth-order valence-corrected chi connectivity index (χ4v) is 3.37. The molecule has 2 nitrogen and oxygen atoms in total. The molecular weight excluding hydrogens is 363 g/mol. The number of hydrogen-bond donors (Lipinski definition) is 0. The number of fused-ring (bicyclic) bond motifs is 1. The van der Waals surface area contributed by atoms with Gasteiger partial charge in [0.1, 0.15) is 6.73 Å². The summed E-state index contributed by atoms with van der Waals surface area (Å²) in [5.41, 5.74) is 2.86. The van der Waals surface area contributed by atoms with Gasteiger partial charge in [-0.25, -0.2) is 0 Å². The van der Waals surface area contributed by atoms with Crippen molar-refractivity contribution in [2.45, 2.75) is 19.8 Å². The zero-order chi connectivity index (χ0) is 18.9. The number of benzene rings is 2. The number of rotatable bonds is 4. The van der Waals surface area contributed by atoms with E-state index in [1.807, 2.05) is 34.9 Å². The molecule has 0 N–H and O–H groups in total. The van der Waals surface area contributed by atoms with Gasteiger partial charge < -0.3 is 9.30 Å². The van der Waals surface area contributed by atoms with Crippen LogP contribution in [-0.2, 0) is 11.5 Å². The van der Waals surface area contributed by atoms with Gasteiger partial charge in [0, 0.05) is 29.2 Å². The zero-order valence-corrected chi connectivity index (χ0v) is 15.0. The number of halogens is 4. The van der Waals surface area contributed by atoms with Crippen LogP contribution in [0.5, 0.6) is 0 Å². The molecule has 0 atom stereocenters. The minimum absolute atomic E-state index is 0.138. The molecule has 0 aliphatic heterocycles. The quantitative estimate of drug-likeness (QED) is 0.502. The highest BCUT2D eigenvalue weighted by Gasteiger charge is 2.27. The van der Waals surface area contributed by atoms with Gasteiger partial charge in [0.25, 0.3) is 0 Å². The van der Waals surface area contributed by atoms with E-state index in [-0.39, 0.29) is 12.3 Å². The van der Waals surface area contributed by atoms with E-state index in [1.165, 1.54) is 6.92 Å². The summed E-state index contributed by atoms with van der Waals surface area (Å²) in [6, 6.07) is 14.5. The molecule has 3 rings (SSSR count). The lowest BCUT2D eigenvalue weighted by molar-refractivity contribution is -0.0793. The molecule has 0 bridgehead atoms. The first kappa shape index (κ1) is 18.5. The number of hydrogen-bond acceptors (Lipinski definition) is 1. The first-order chi connectivity index (χ1) is 12.3. The highest BCUT2D eigenvalue weighted by molar-refractivity contribution is 6.31. The number of nitrogens with zero attached hydrogens (tertiary/aromatic N) is 1. The molecule has 1 heterocycles. The smallest absolute Gasteiger partial charge is 0.364 e. The molecule has 136 valence electrons. The third-order valence-corrected chi connectivity index (χ3v) is 4.34. The maximum Gasteiger partial charge on any atom is 0.410 e. The van der Waals surface area contributed by atoms with Crippen LogP contribution in [0.3, 0.4) is 0 Å². The summed E-state index contributed by atoms with van der Waals surface area (Å²) in [6.45, 7) is 1.67. The van der Waals surface area contributed by atoms with Gasteiger partial charge in [-0.05, 0) is 30.2 Å². The number of alkyl halides is 3. The van der Waals surface area contributed by atoms with E-state index in [0.29, 0.717) is 27.7 Å². The number of methoxy groups -OCH3 is 1. The standard InChI is InChI=1S/C20H17ClF3NO/c1-13(11-20(22,23)24)18-16-9-8-15(21)10-17(16)25(12-26-2)19(18)14-6-4-3-5-7-14/h3-11H,12H2,1-2H3/b13-11+. The molecule has 6 heteroatoms. The van der Waals surface area contributed by atoms with E-state index in [2.05, 4.69) is 0 Å². The van der Waals surface area contributed by atoms with E-state index >= 15 is 0 Å². The molecule has 1 aromatic heterocycles. The fourth-order valence-electron chi connectivity index (χ4n) is 3.20. The maximum absolute atomic E-state index is 13.0. The molecule has 0 saturated carbocycles. The van der Waals surface area contributed by atoms with E-state index in [4.69, 9.17) is 16.3 Å². The summed E-state index contributed by atoms with van der Waals surface area (Å²) in [7, 11) is 1.54. The van der Waals surface area contributed by atoms with Crippen LogP contribution in [0.15, 0.2) is 54.6 Å². The molecule has 0 radical (unpaired) electrons. The van der Waals surface area contributed by atoms with Crippen LogP contribution < -0.4 is 0 Å². The van der Waals surface area contributed by atoms with Crippen molar-refractivity contribution < 1.29 is 17.9 Å². The summed E-state index contributed by atoms with van der Waals surface area (Å²) >= 11 is 6.14. The Morgan fingerprint density at radius 1 is 1.15 bits per heavy atom. The third-order valence-electron chi connectivity index (χ3n) is 4.11. The molecule has 3 aromatic rings. The molecule has 0 unspecified atom stereocenters. The van der Waals surface area contributed by atoms with Crippen LogP contribution in [0.25, 0.3) is 27.7 Å². The Morgan fingerprint density at radius 2 is 1.85 bits per heavy atom. The minimum atomic E-state index is -4.40. The Labute approximate surface area is 154 Å². The van der Waals surface area contributed by atoms with Gasteiger partial charge in [-0.2, -0.15) is 13.2 Å². The third kappa shape index (κ3) is 3.64. The average molecular weight is 380 g/mol. The second-order valence-corrected chi connectivity index (χ2v) is 6.40. The highest BCUT2D eigenvalue weighted by Crippen LogP contribution is 2.40. The van der Waals surface area contributed by atoms with Crippen molar-refractivity contribution in [3.8, 4) is 11.3 Å². The second kappa shape index (κ2) is 7.17. The molecule has 0 fully saturated rings. The fraction of sp³-hybridized carbons (Fsp3) is 0.200. The second-order valence-electron chi connectivity index (χ2n) is 5.97. The Hall–Kier alpha value is -2.24. The molecule has 0 amide bonds. The van der Waals surface area contributed by atoms with Crippen molar-refractivity contribution in [2.75, 3.05) is 7.11 Å². The van der Waals surface area contributed by atoms with Crippen LogP contribution in [0, 0.1) is 0 Å². The molecule has 26 heavy (non-hydrogen) atoms. The van der Waals surface area contributed by atoms with E-state index in [0.717, 1.165) is 11.1 Å². The number of allylic oxidation sites excluding steroid dienone is 2. The largest absolute Gasteiger partial charge is 0.410 e. The van der Waals surface area contributed by atoms with E-state index < -0.39 is 6.18 Å². The minimum Gasteiger partial charge on any atom is -0.364 e. The van der Waals surface area contributed by atoms with Gasteiger partial charge >= 0.3 is 6.18 Å². The Bertz CT molecular complexity index is 959. The van der Waals surface area contributed by atoms with Gasteiger partial charge in [-0.15, -0.1) is 0 Å². The van der Waals surface area contributed by atoms with Gasteiger partial charge in [-0.3, -0.25) is 0 Å². The predicted molar refractivity (Wildman–Crippen MR) is 99.1 cm³/mol. The van der Waals surface area contributed by atoms with Gasteiger partial charge in [0.2, 0.25) is 0 Å². The predicted octanol–water partition coefficient (Wildman–Crippen LogP) is 6.53. The van der Waals surface area contributed by atoms with E-state index in [1.54, 1.807) is 25.3 Å². The van der Waals surface area contributed by atoms with Crippen molar-refractivity contribution in [2.24, 2.45) is 0 Å². The first-order valence-corrected chi connectivity index (χ1v) is 8.32. The van der Waals surface area contributed by atoms with Crippen molar-refractivity contribution in [1.82, 2.24) is 4.57 Å². The van der Waals surface area contributed by atoms with Crippen LogP contribution in [-0.4, -0.2) is 17.9 Å². The summed E-state index contributed by atoms with van der Waals surface area (Å²) in [6.07, 6.45) is -4.07. The van der Waals surface area contributed by atoms with Crippen molar-refractivity contribution >= 4 is 28.1 Å². The SMILES string of the molecule is COCn1c(-c2ccccc2)c(/C(C)=C/C(F)(F)F)c2ccc(Cl)cc21. The summed E-state index contributed by atoms with van der Waals surface area (Å²) < 4.78 is 46.2. The van der Waals surface area contributed by atoms with Crippen LogP contribution in [0.4, 0.5) is 13.2 Å². The zero-order valence-electron chi connectivity index (χ0n) is 14.3. The lowest BCUT2D eigenvalue weighted by Gasteiger charge is -2.12. The Kier molecular flexibility index (Phi) is 5.12. The first-order valence-electron chi connectivity index (χ1n) is 7.94. The van der Waals surface area contributed by atoms with Crippen molar-refractivity contribution in [3.05, 3.63) is 65.2 Å². The Balaban J connectivity index is 2.43. The normalized spacial score (nSPS) is 12.8. The summed E-state index contributed by atoms with van der Waals surface area (Å²) in [4.78, 5) is 0. The van der Waals surface area contributed by atoms with Crippen molar-refractivity contribution in [3.63, 3.8) is 0 Å². The van der Waals surface area contributed by atoms with Crippen LogP contribution in [0.2, 0.25) is 5.02 Å². The topological polar surface area (TPSA) is 14.2 Å². The lowest BCUT2D eigenvalue weighted by Crippen LogP contribution is -2.04. The van der Waals surface area contributed by atoms with Gasteiger partial charge in [0.15, 0.2) is 0 Å². The Morgan fingerprint density at radius 3 is 2.46 bits per heavy atom. The summed E-state index contributed by atoms with van der Waals surface area (Å²) in [5.74, 6) is 0.